The van der Waals surface area contributed by atoms with Crippen LogP contribution in [0.5, 0.6) is 5.75 Å². The number of hydrogen-bond acceptors (Lipinski definition) is 7. The number of nitrogens with zero attached hydrogens (tertiary/aromatic N) is 3. The highest BCUT2D eigenvalue weighted by atomic mass is 32.2. The Balaban J connectivity index is 1.54. The van der Waals surface area contributed by atoms with E-state index >= 15 is 0 Å². The number of ether oxygens (including phenoxy) is 2. The van der Waals surface area contributed by atoms with Crippen LogP contribution in [0.4, 0.5) is 5.82 Å². The standard InChI is InChI=1S/C26H34N4O5S/c1-6-20-15-22(34-5)13-18(2)26(20)36(32,33)30(4)11-12-35-17-25(31)29(3)16-19-7-9-23-21(14-19)8-10-24(27)28-23/h7-10,13-15H,6,11-12,16-17H2,1-5H3,(H2,27,28). The first-order chi connectivity index (χ1) is 17.1. The molecule has 3 rings (SSSR count). The zero-order chi connectivity index (χ0) is 26.5. The zero-order valence-electron chi connectivity index (χ0n) is 21.4. The molecular weight excluding hydrogens is 480 g/mol. The van der Waals surface area contributed by atoms with Crippen molar-refractivity contribution in [2.24, 2.45) is 0 Å². The van der Waals surface area contributed by atoms with Gasteiger partial charge in [0.2, 0.25) is 15.9 Å². The van der Waals surface area contributed by atoms with Gasteiger partial charge in [-0.2, -0.15) is 4.31 Å². The fourth-order valence-electron chi connectivity index (χ4n) is 3.95. The number of aryl methyl sites for hydroxylation is 2. The molecular formula is C26H34N4O5S. The van der Waals surface area contributed by atoms with Crippen LogP contribution in [0.2, 0.25) is 0 Å². The number of fused-ring (bicyclic) bond motifs is 1. The summed E-state index contributed by atoms with van der Waals surface area (Å²) >= 11 is 0. The van der Waals surface area contributed by atoms with E-state index in [2.05, 4.69) is 4.98 Å². The smallest absolute Gasteiger partial charge is 0.248 e. The third-order valence-corrected chi connectivity index (χ3v) is 8.11. The van der Waals surface area contributed by atoms with Gasteiger partial charge in [-0.25, -0.2) is 13.4 Å². The second kappa shape index (κ2) is 11.7. The van der Waals surface area contributed by atoms with E-state index < -0.39 is 10.0 Å². The van der Waals surface area contributed by atoms with E-state index in [-0.39, 0.29) is 30.6 Å². The van der Waals surface area contributed by atoms with E-state index in [1.54, 1.807) is 44.2 Å². The van der Waals surface area contributed by atoms with Crippen LogP contribution in [0.3, 0.4) is 0 Å². The zero-order valence-corrected chi connectivity index (χ0v) is 22.3. The lowest BCUT2D eigenvalue weighted by Gasteiger charge is -2.22. The van der Waals surface area contributed by atoms with Gasteiger partial charge in [-0.05, 0) is 66.4 Å². The number of nitrogen functional groups attached to an aromatic ring is 1. The number of carbonyl (C=O) groups excluding carboxylic acids is 1. The Labute approximate surface area is 212 Å². The van der Waals surface area contributed by atoms with Crippen molar-refractivity contribution in [1.29, 1.82) is 0 Å². The van der Waals surface area contributed by atoms with Crippen molar-refractivity contribution in [2.75, 3.05) is 46.7 Å². The molecule has 3 aromatic rings. The van der Waals surface area contributed by atoms with Crippen molar-refractivity contribution in [3.63, 3.8) is 0 Å². The topological polar surface area (TPSA) is 115 Å². The second-order valence-electron chi connectivity index (χ2n) is 8.68. The summed E-state index contributed by atoms with van der Waals surface area (Å²) in [7, 11) is 1.04. The Hall–Kier alpha value is -3.21. The van der Waals surface area contributed by atoms with Gasteiger partial charge in [0, 0.05) is 32.6 Å². The van der Waals surface area contributed by atoms with Crippen LogP contribution in [0.1, 0.15) is 23.6 Å². The van der Waals surface area contributed by atoms with Crippen LogP contribution in [-0.2, 0) is 32.5 Å². The molecule has 0 bridgehead atoms. The third-order valence-electron chi connectivity index (χ3n) is 6.01. The SMILES string of the molecule is CCc1cc(OC)cc(C)c1S(=O)(=O)N(C)CCOCC(=O)N(C)Cc1ccc2nc(N)ccc2c1. The number of benzene rings is 2. The average Bonchev–Trinajstić information content (AvgIpc) is 2.85. The van der Waals surface area contributed by atoms with Crippen LogP contribution < -0.4 is 10.5 Å². The van der Waals surface area contributed by atoms with Crippen molar-refractivity contribution >= 4 is 32.7 Å². The molecule has 2 N–H and O–H groups in total. The molecule has 2 aromatic carbocycles. The Bertz CT molecular complexity index is 1340. The van der Waals surface area contributed by atoms with Crippen molar-refractivity contribution < 1.29 is 22.7 Å². The van der Waals surface area contributed by atoms with E-state index in [1.807, 2.05) is 31.2 Å². The molecule has 36 heavy (non-hydrogen) atoms. The summed E-state index contributed by atoms with van der Waals surface area (Å²) in [6.45, 7) is 4.15. The van der Waals surface area contributed by atoms with Gasteiger partial charge in [0.25, 0.3) is 0 Å². The molecule has 0 unspecified atom stereocenters. The van der Waals surface area contributed by atoms with E-state index in [1.165, 1.54) is 11.4 Å². The predicted octanol–water partition coefficient (Wildman–Crippen LogP) is 2.99. The minimum absolute atomic E-state index is 0.0923. The predicted molar refractivity (Wildman–Crippen MR) is 140 cm³/mol. The van der Waals surface area contributed by atoms with Crippen LogP contribution in [0.25, 0.3) is 10.9 Å². The first kappa shape index (κ1) is 27.4. The van der Waals surface area contributed by atoms with E-state index in [0.29, 0.717) is 35.7 Å². The summed E-state index contributed by atoms with van der Waals surface area (Å²) in [5.41, 5.74) is 8.80. The molecule has 0 spiro atoms. The number of carbonyl (C=O) groups is 1. The normalized spacial score (nSPS) is 11.7. The molecule has 1 heterocycles. The fraction of sp³-hybridized carbons (Fsp3) is 0.385. The molecule has 10 heteroatoms. The third kappa shape index (κ3) is 6.31. The molecule has 0 aliphatic heterocycles. The molecule has 0 aliphatic rings. The Morgan fingerprint density at radius 3 is 2.56 bits per heavy atom. The van der Waals surface area contributed by atoms with Gasteiger partial charge in [-0.1, -0.05) is 13.0 Å². The molecule has 1 aromatic heterocycles. The maximum absolute atomic E-state index is 13.2. The highest BCUT2D eigenvalue weighted by Gasteiger charge is 2.26. The summed E-state index contributed by atoms with van der Waals surface area (Å²) in [6.07, 6.45) is 0.555. The van der Waals surface area contributed by atoms with Crippen LogP contribution in [-0.4, -0.2) is 69.5 Å². The van der Waals surface area contributed by atoms with Gasteiger partial charge >= 0.3 is 0 Å². The number of nitrogens with two attached hydrogens (primary N) is 1. The van der Waals surface area contributed by atoms with Crippen LogP contribution in [0.15, 0.2) is 47.4 Å². The van der Waals surface area contributed by atoms with Crippen LogP contribution >= 0.6 is 0 Å². The highest BCUT2D eigenvalue weighted by Crippen LogP contribution is 2.28. The van der Waals surface area contributed by atoms with Crippen molar-refractivity contribution in [3.05, 3.63) is 59.2 Å². The second-order valence-corrected chi connectivity index (χ2v) is 10.7. The summed E-state index contributed by atoms with van der Waals surface area (Å²) in [4.78, 5) is 18.7. The van der Waals surface area contributed by atoms with E-state index in [0.717, 1.165) is 16.5 Å². The number of hydrogen-bond donors (Lipinski definition) is 1. The lowest BCUT2D eigenvalue weighted by molar-refractivity contribution is -0.135. The number of aromatic nitrogens is 1. The van der Waals surface area contributed by atoms with Gasteiger partial charge in [0.05, 0.1) is 24.1 Å². The van der Waals surface area contributed by atoms with Gasteiger partial charge in [-0.15, -0.1) is 0 Å². The van der Waals surface area contributed by atoms with E-state index in [9.17, 15) is 13.2 Å². The molecule has 194 valence electrons. The summed E-state index contributed by atoms with van der Waals surface area (Å²) in [5.74, 6) is 0.889. The number of amides is 1. The summed E-state index contributed by atoms with van der Waals surface area (Å²) in [5, 5.41) is 0.946. The number of methoxy groups -OCH3 is 1. The van der Waals surface area contributed by atoms with Crippen molar-refractivity contribution in [3.8, 4) is 5.75 Å². The molecule has 9 nitrogen and oxygen atoms in total. The fourth-order valence-corrected chi connectivity index (χ4v) is 5.58. The van der Waals surface area contributed by atoms with E-state index in [4.69, 9.17) is 15.2 Å². The molecule has 0 saturated heterocycles. The number of pyridine rings is 1. The highest BCUT2D eigenvalue weighted by molar-refractivity contribution is 7.89. The first-order valence-corrected chi connectivity index (χ1v) is 13.1. The lowest BCUT2D eigenvalue weighted by Crippen LogP contribution is -2.33. The number of rotatable bonds is 11. The number of likely N-dealkylation sites (N-methyl/N-ethyl adjacent to an activating group) is 2. The largest absolute Gasteiger partial charge is 0.497 e. The van der Waals surface area contributed by atoms with Gasteiger partial charge in [0.1, 0.15) is 18.2 Å². The molecule has 0 atom stereocenters. The van der Waals surface area contributed by atoms with Gasteiger partial charge in [-0.3, -0.25) is 4.79 Å². The summed E-state index contributed by atoms with van der Waals surface area (Å²) < 4.78 is 38.5. The Morgan fingerprint density at radius 1 is 1.11 bits per heavy atom. The Kier molecular flexibility index (Phi) is 8.89. The van der Waals surface area contributed by atoms with Crippen molar-refractivity contribution in [1.82, 2.24) is 14.2 Å². The maximum Gasteiger partial charge on any atom is 0.248 e. The number of anilines is 1. The van der Waals surface area contributed by atoms with Crippen LogP contribution in [0, 0.1) is 6.92 Å². The molecule has 0 saturated carbocycles. The minimum Gasteiger partial charge on any atom is -0.497 e. The van der Waals surface area contributed by atoms with Gasteiger partial charge < -0.3 is 20.1 Å². The van der Waals surface area contributed by atoms with Gasteiger partial charge in [0.15, 0.2) is 0 Å². The van der Waals surface area contributed by atoms with Crippen molar-refractivity contribution in [2.45, 2.75) is 31.7 Å². The molecule has 0 radical (unpaired) electrons. The maximum atomic E-state index is 13.2. The molecule has 0 fully saturated rings. The quantitative estimate of drug-likeness (QED) is 0.391. The lowest BCUT2D eigenvalue weighted by atomic mass is 10.1. The minimum atomic E-state index is -3.73. The first-order valence-electron chi connectivity index (χ1n) is 11.7. The summed E-state index contributed by atoms with van der Waals surface area (Å²) in [6, 6.07) is 12.9. The Morgan fingerprint density at radius 2 is 1.86 bits per heavy atom. The number of sulfonamides is 1. The average molecular weight is 515 g/mol. The molecule has 0 aliphatic carbocycles. The molecule has 1 amide bonds. The monoisotopic (exact) mass is 514 g/mol.